The number of nitrogens with zero attached hydrogens (tertiary/aromatic N) is 4. The zero-order valence-electron chi connectivity index (χ0n) is 20.3. The Bertz CT molecular complexity index is 1770. The number of hydrogen-bond acceptors (Lipinski definition) is 7. The lowest BCUT2D eigenvalue weighted by Crippen LogP contribution is -2.16. The molecule has 2 aromatic heterocycles. The molecule has 190 valence electrons. The van der Waals surface area contributed by atoms with Gasteiger partial charge in [0, 0.05) is 23.4 Å². The summed E-state index contributed by atoms with van der Waals surface area (Å²) in [7, 11) is -4.37. The molecular formula is C27H20F2N6O2S. The molecule has 38 heavy (non-hydrogen) atoms. The van der Waals surface area contributed by atoms with Crippen molar-refractivity contribution in [1.82, 2.24) is 15.0 Å². The molecule has 0 fully saturated rings. The standard InChI is InChI=1S/C27H20F2N6O2S/c1-3-23-21(26(34-27(31)33-23)19-6-4-5-17(11-19)14-30)9-7-18-12-24(16(2)32-15-18)35-38(36,37)25-10-8-20(28)13-22(25)29/h4-6,8,10-13,15,35H,3H2,1-2H3,(H2,31,33,34). The number of pyridine rings is 1. The summed E-state index contributed by atoms with van der Waals surface area (Å²) in [5, 5.41) is 9.29. The maximum absolute atomic E-state index is 14.1. The van der Waals surface area contributed by atoms with Crippen LogP contribution in [-0.2, 0) is 16.4 Å². The van der Waals surface area contributed by atoms with Gasteiger partial charge in [-0.3, -0.25) is 9.71 Å². The van der Waals surface area contributed by atoms with E-state index in [0.29, 0.717) is 51.8 Å². The molecule has 2 heterocycles. The minimum Gasteiger partial charge on any atom is -0.368 e. The van der Waals surface area contributed by atoms with Crippen molar-refractivity contribution in [3.8, 4) is 29.2 Å². The molecule has 3 N–H and O–H groups in total. The third-order valence-electron chi connectivity index (χ3n) is 5.45. The summed E-state index contributed by atoms with van der Waals surface area (Å²) in [6.07, 6.45) is 1.96. The fraction of sp³-hybridized carbons (Fsp3) is 0.111. The van der Waals surface area contributed by atoms with E-state index in [-0.39, 0.29) is 11.6 Å². The van der Waals surface area contributed by atoms with Gasteiger partial charge in [0.05, 0.1) is 40.0 Å². The largest absolute Gasteiger partial charge is 0.368 e. The quantitative estimate of drug-likeness (QED) is 0.367. The molecule has 8 nitrogen and oxygen atoms in total. The SMILES string of the molecule is CCc1nc(N)nc(-c2cccc(C#N)c2)c1C#Cc1cnc(C)c(NS(=O)(=O)c2ccc(F)cc2F)c1. The number of benzene rings is 2. The molecule has 0 saturated carbocycles. The first-order valence-electron chi connectivity index (χ1n) is 11.2. The number of halogens is 2. The third-order valence-corrected chi connectivity index (χ3v) is 6.85. The van der Waals surface area contributed by atoms with Gasteiger partial charge in [0.2, 0.25) is 5.95 Å². The highest BCUT2D eigenvalue weighted by atomic mass is 32.2. The normalized spacial score (nSPS) is 10.8. The molecule has 0 aliphatic rings. The van der Waals surface area contributed by atoms with Crippen LogP contribution >= 0.6 is 0 Å². The van der Waals surface area contributed by atoms with Gasteiger partial charge in [-0.25, -0.2) is 27.2 Å². The smallest absolute Gasteiger partial charge is 0.264 e. The third kappa shape index (κ3) is 5.59. The van der Waals surface area contributed by atoms with E-state index in [4.69, 9.17) is 5.73 Å². The summed E-state index contributed by atoms with van der Waals surface area (Å²) < 4.78 is 55.2. The molecular weight excluding hydrogens is 510 g/mol. The molecule has 4 rings (SSSR count). The molecule has 0 aliphatic heterocycles. The van der Waals surface area contributed by atoms with E-state index in [1.807, 2.05) is 6.92 Å². The van der Waals surface area contributed by atoms with Gasteiger partial charge >= 0.3 is 0 Å². The highest BCUT2D eigenvalue weighted by molar-refractivity contribution is 7.92. The van der Waals surface area contributed by atoms with Crippen molar-refractivity contribution in [3.63, 3.8) is 0 Å². The zero-order valence-corrected chi connectivity index (χ0v) is 21.1. The minimum atomic E-state index is -4.37. The van der Waals surface area contributed by atoms with Crippen molar-refractivity contribution in [2.45, 2.75) is 25.2 Å². The summed E-state index contributed by atoms with van der Waals surface area (Å²) in [4.78, 5) is 12.1. The van der Waals surface area contributed by atoms with Crippen molar-refractivity contribution in [3.05, 3.63) is 94.4 Å². The first-order valence-corrected chi connectivity index (χ1v) is 12.7. The maximum atomic E-state index is 14.1. The maximum Gasteiger partial charge on any atom is 0.264 e. The number of aromatic nitrogens is 3. The van der Waals surface area contributed by atoms with Gasteiger partial charge in [0.25, 0.3) is 10.0 Å². The molecule has 0 aliphatic carbocycles. The van der Waals surface area contributed by atoms with Crippen LogP contribution in [0.25, 0.3) is 11.3 Å². The Balaban J connectivity index is 1.76. The zero-order chi connectivity index (χ0) is 27.4. The second-order valence-electron chi connectivity index (χ2n) is 8.09. The van der Waals surface area contributed by atoms with E-state index in [1.54, 1.807) is 31.2 Å². The van der Waals surface area contributed by atoms with E-state index in [0.717, 1.165) is 12.1 Å². The number of rotatable bonds is 5. The molecule has 0 spiro atoms. The van der Waals surface area contributed by atoms with Gasteiger partial charge < -0.3 is 5.73 Å². The van der Waals surface area contributed by atoms with Gasteiger partial charge in [-0.05, 0) is 43.7 Å². The van der Waals surface area contributed by atoms with E-state index < -0.39 is 26.6 Å². The highest BCUT2D eigenvalue weighted by Crippen LogP contribution is 2.26. The van der Waals surface area contributed by atoms with Crippen molar-refractivity contribution in [2.75, 3.05) is 10.5 Å². The Kier molecular flexibility index (Phi) is 7.33. The number of nitrogens with one attached hydrogen (secondary N) is 1. The molecule has 11 heteroatoms. The van der Waals surface area contributed by atoms with Crippen LogP contribution in [0.1, 0.15) is 35.0 Å². The molecule has 2 aromatic carbocycles. The fourth-order valence-corrected chi connectivity index (χ4v) is 4.76. The summed E-state index contributed by atoms with van der Waals surface area (Å²) in [5.41, 5.74) is 9.28. The topological polar surface area (TPSA) is 135 Å². The highest BCUT2D eigenvalue weighted by Gasteiger charge is 2.21. The molecule has 0 bridgehead atoms. The number of sulfonamides is 1. The van der Waals surface area contributed by atoms with E-state index in [9.17, 15) is 22.5 Å². The fourth-order valence-electron chi connectivity index (χ4n) is 3.59. The molecule has 0 amide bonds. The second-order valence-corrected chi connectivity index (χ2v) is 9.74. The lowest BCUT2D eigenvalue weighted by atomic mass is 10.0. The number of anilines is 2. The molecule has 4 aromatic rings. The summed E-state index contributed by atoms with van der Waals surface area (Å²) in [6, 6.07) is 12.6. The molecule has 0 saturated heterocycles. The van der Waals surface area contributed by atoms with Gasteiger partial charge in [0.1, 0.15) is 16.5 Å². The van der Waals surface area contributed by atoms with Gasteiger partial charge in [-0.15, -0.1) is 0 Å². The van der Waals surface area contributed by atoms with Gasteiger partial charge in [0.15, 0.2) is 0 Å². The Morgan fingerprint density at radius 2 is 1.84 bits per heavy atom. The first-order chi connectivity index (χ1) is 18.1. The lowest BCUT2D eigenvalue weighted by Gasteiger charge is -2.11. The monoisotopic (exact) mass is 530 g/mol. The Hall–Kier alpha value is -4.87. The van der Waals surface area contributed by atoms with Crippen LogP contribution in [0.5, 0.6) is 0 Å². The average molecular weight is 531 g/mol. The van der Waals surface area contributed by atoms with E-state index in [1.165, 1.54) is 12.3 Å². The summed E-state index contributed by atoms with van der Waals surface area (Å²) >= 11 is 0. The van der Waals surface area contributed by atoms with Crippen molar-refractivity contribution >= 4 is 21.7 Å². The van der Waals surface area contributed by atoms with Crippen LogP contribution in [-0.4, -0.2) is 23.4 Å². The van der Waals surface area contributed by atoms with E-state index >= 15 is 0 Å². The van der Waals surface area contributed by atoms with Gasteiger partial charge in [-0.1, -0.05) is 30.9 Å². The van der Waals surface area contributed by atoms with Crippen molar-refractivity contribution < 1.29 is 17.2 Å². The molecule has 0 radical (unpaired) electrons. The van der Waals surface area contributed by atoms with Crippen molar-refractivity contribution in [1.29, 1.82) is 5.26 Å². The second kappa shape index (κ2) is 10.6. The lowest BCUT2D eigenvalue weighted by molar-refractivity contribution is 0.551. The van der Waals surface area contributed by atoms with Crippen LogP contribution in [0.3, 0.4) is 0 Å². The van der Waals surface area contributed by atoms with Crippen LogP contribution in [0.15, 0.2) is 59.6 Å². The number of nitriles is 1. The van der Waals surface area contributed by atoms with E-state index in [2.05, 4.69) is 37.6 Å². The predicted octanol–water partition coefficient (Wildman–Crippen LogP) is 4.34. The van der Waals surface area contributed by atoms with Crippen LogP contribution in [0, 0.1) is 41.7 Å². The minimum absolute atomic E-state index is 0.0616. The van der Waals surface area contributed by atoms with Crippen LogP contribution in [0.2, 0.25) is 0 Å². The average Bonchev–Trinajstić information content (AvgIpc) is 2.88. The Labute approximate surface area is 218 Å². The van der Waals surface area contributed by atoms with Crippen LogP contribution in [0.4, 0.5) is 20.4 Å². The predicted molar refractivity (Wildman–Crippen MR) is 138 cm³/mol. The van der Waals surface area contributed by atoms with Gasteiger partial charge in [-0.2, -0.15) is 5.26 Å². The van der Waals surface area contributed by atoms with Crippen LogP contribution < -0.4 is 10.5 Å². The Morgan fingerprint density at radius 3 is 2.55 bits per heavy atom. The molecule has 0 atom stereocenters. The first kappa shape index (κ1) is 26.2. The summed E-state index contributed by atoms with van der Waals surface area (Å²) in [6.45, 7) is 3.46. The molecule has 0 unspecified atom stereocenters. The van der Waals surface area contributed by atoms with Crippen molar-refractivity contribution in [2.24, 2.45) is 0 Å². The number of nitrogen functional groups attached to an aromatic ring is 1. The summed E-state index contributed by atoms with van der Waals surface area (Å²) in [5.74, 6) is 3.93. The Morgan fingerprint density at radius 1 is 1.05 bits per heavy atom. The number of nitrogens with two attached hydrogens (primary N) is 1. The number of hydrogen-bond donors (Lipinski definition) is 2. The number of aryl methyl sites for hydroxylation is 2.